The zero-order valence-electron chi connectivity index (χ0n) is 15.2. The highest BCUT2D eigenvalue weighted by Gasteiger charge is 2.21. The van der Waals surface area contributed by atoms with E-state index in [0.29, 0.717) is 12.2 Å². The van der Waals surface area contributed by atoms with Crippen LogP contribution in [-0.2, 0) is 6.67 Å². The molecule has 4 rings (SSSR count). The quantitative estimate of drug-likeness (QED) is 0.605. The van der Waals surface area contributed by atoms with Gasteiger partial charge in [-0.15, -0.1) is 0 Å². The molecule has 0 bridgehead atoms. The van der Waals surface area contributed by atoms with E-state index in [2.05, 4.69) is 41.0 Å². The normalized spacial score (nSPS) is 15.8. The van der Waals surface area contributed by atoms with Crippen LogP contribution in [0.5, 0.6) is 0 Å². The maximum atomic E-state index is 13.5. The van der Waals surface area contributed by atoms with Crippen molar-refractivity contribution in [1.29, 1.82) is 0 Å². The van der Waals surface area contributed by atoms with Gasteiger partial charge in [0.2, 0.25) is 0 Å². The summed E-state index contributed by atoms with van der Waals surface area (Å²) in [7, 11) is 0. The van der Waals surface area contributed by atoms with Crippen LogP contribution < -0.4 is 4.90 Å². The fourth-order valence-corrected chi connectivity index (χ4v) is 4.14. The Hall–Kier alpha value is -2.25. The number of aryl methyl sites for hydroxylation is 1. The van der Waals surface area contributed by atoms with Crippen molar-refractivity contribution in [3.63, 3.8) is 0 Å². The third-order valence-corrected chi connectivity index (χ3v) is 5.65. The lowest BCUT2D eigenvalue weighted by Crippen LogP contribution is -2.47. The topological polar surface area (TPSA) is 16.3 Å². The molecule has 0 radical (unpaired) electrons. The van der Waals surface area contributed by atoms with Gasteiger partial charge < -0.3 is 9.47 Å². The molecule has 0 unspecified atom stereocenters. The van der Waals surface area contributed by atoms with Crippen molar-refractivity contribution >= 4 is 28.9 Å². The number of nitrogens with zero attached hydrogens (tertiary/aromatic N) is 4. The number of halogens is 2. The second-order valence-electron chi connectivity index (χ2n) is 6.88. The minimum absolute atomic E-state index is 0.174. The molecule has 0 atom stereocenters. The van der Waals surface area contributed by atoms with Gasteiger partial charge in [-0.3, -0.25) is 9.47 Å². The highest BCUT2D eigenvalue weighted by atomic mass is 32.1. The smallest absolute Gasteiger partial charge is 0.321 e. The molecule has 2 heterocycles. The number of alkyl halides is 2. The van der Waals surface area contributed by atoms with E-state index < -0.39 is 6.55 Å². The van der Waals surface area contributed by atoms with Gasteiger partial charge in [0, 0.05) is 31.9 Å². The SMILES string of the molecule is Cc1ccccc1N1CCN(Cn2c(=S)n(C(F)F)c3ccccc32)CC1. The molecule has 1 saturated heterocycles. The molecule has 1 aliphatic rings. The van der Waals surface area contributed by atoms with Crippen molar-refractivity contribution in [1.82, 2.24) is 14.0 Å². The van der Waals surface area contributed by atoms with Crippen LogP contribution in [0.15, 0.2) is 48.5 Å². The van der Waals surface area contributed by atoms with Crippen LogP contribution in [0.2, 0.25) is 0 Å². The van der Waals surface area contributed by atoms with E-state index in [1.165, 1.54) is 11.3 Å². The van der Waals surface area contributed by atoms with Crippen molar-refractivity contribution in [3.05, 3.63) is 58.9 Å². The molecule has 1 aliphatic heterocycles. The Kier molecular flexibility index (Phi) is 4.97. The van der Waals surface area contributed by atoms with Crippen LogP contribution in [0.25, 0.3) is 11.0 Å². The molecule has 0 N–H and O–H groups in total. The molecule has 0 saturated carbocycles. The lowest BCUT2D eigenvalue weighted by molar-refractivity contribution is 0.0715. The maximum Gasteiger partial charge on any atom is 0.321 e. The summed E-state index contributed by atoms with van der Waals surface area (Å²) in [5.74, 6) is 0. The Labute approximate surface area is 162 Å². The Bertz CT molecular complexity index is 1000. The molecule has 4 nitrogen and oxygen atoms in total. The number of hydrogen-bond acceptors (Lipinski definition) is 3. The summed E-state index contributed by atoms with van der Waals surface area (Å²) < 4.78 is 29.9. The number of anilines is 1. The van der Waals surface area contributed by atoms with Gasteiger partial charge in [0.1, 0.15) is 0 Å². The predicted molar refractivity (Wildman–Crippen MR) is 107 cm³/mol. The van der Waals surface area contributed by atoms with Crippen LogP contribution >= 0.6 is 12.2 Å². The Morgan fingerprint density at radius 1 is 0.926 bits per heavy atom. The number of fused-ring (bicyclic) bond motifs is 1. The van der Waals surface area contributed by atoms with Gasteiger partial charge in [0.15, 0.2) is 4.77 Å². The average molecular weight is 388 g/mol. The third-order valence-electron chi connectivity index (χ3n) is 5.23. The fraction of sp³-hybridized carbons (Fsp3) is 0.350. The van der Waals surface area contributed by atoms with Crippen LogP contribution in [0.4, 0.5) is 14.5 Å². The second kappa shape index (κ2) is 7.40. The number of para-hydroxylation sites is 3. The minimum Gasteiger partial charge on any atom is -0.369 e. The van der Waals surface area contributed by atoms with Gasteiger partial charge in [0.05, 0.1) is 17.7 Å². The summed E-state index contributed by atoms with van der Waals surface area (Å²) in [5, 5.41) is 0. The average Bonchev–Trinajstić information content (AvgIpc) is 2.95. The predicted octanol–water partition coefficient (Wildman–Crippen LogP) is 4.66. The fourth-order valence-electron chi connectivity index (χ4n) is 3.81. The molecule has 1 fully saturated rings. The zero-order chi connectivity index (χ0) is 19.0. The molecule has 2 aromatic carbocycles. The number of hydrogen-bond donors (Lipinski definition) is 0. The number of benzene rings is 2. The van der Waals surface area contributed by atoms with Crippen molar-refractivity contribution < 1.29 is 8.78 Å². The maximum absolute atomic E-state index is 13.5. The summed E-state index contributed by atoms with van der Waals surface area (Å²) in [6.07, 6.45) is 0. The summed E-state index contributed by atoms with van der Waals surface area (Å²) >= 11 is 5.36. The van der Waals surface area contributed by atoms with Crippen molar-refractivity contribution in [2.75, 3.05) is 31.1 Å². The Morgan fingerprint density at radius 2 is 1.56 bits per heavy atom. The molecule has 3 aromatic rings. The van der Waals surface area contributed by atoms with Crippen LogP contribution in [0, 0.1) is 11.7 Å². The van der Waals surface area contributed by atoms with Gasteiger partial charge in [0.25, 0.3) is 0 Å². The van der Waals surface area contributed by atoms with E-state index in [0.717, 1.165) is 36.3 Å². The molecule has 27 heavy (non-hydrogen) atoms. The van der Waals surface area contributed by atoms with Crippen molar-refractivity contribution in [3.8, 4) is 0 Å². The van der Waals surface area contributed by atoms with Gasteiger partial charge in [-0.1, -0.05) is 30.3 Å². The lowest BCUT2D eigenvalue weighted by Gasteiger charge is -2.36. The van der Waals surface area contributed by atoms with Crippen LogP contribution in [0.1, 0.15) is 12.1 Å². The standard InChI is InChI=1S/C20H22F2N4S/c1-15-6-2-3-7-16(15)24-12-10-23(11-13-24)14-25-17-8-4-5-9-18(17)26(19(21)22)20(25)27/h2-9,19H,10-14H2,1H3. The van der Waals surface area contributed by atoms with Gasteiger partial charge in [-0.2, -0.15) is 8.78 Å². The summed E-state index contributed by atoms with van der Waals surface area (Å²) in [6, 6.07) is 15.6. The van der Waals surface area contributed by atoms with Gasteiger partial charge in [-0.25, -0.2) is 0 Å². The lowest BCUT2D eigenvalue weighted by atomic mass is 10.1. The van der Waals surface area contributed by atoms with E-state index in [9.17, 15) is 8.78 Å². The van der Waals surface area contributed by atoms with Gasteiger partial charge in [-0.05, 0) is 42.9 Å². The molecule has 0 aliphatic carbocycles. The van der Waals surface area contributed by atoms with E-state index in [1.54, 1.807) is 12.1 Å². The first kappa shape index (κ1) is 18.1. The summed E-state index contributed by atoms with van der Waals surface area (Å²) in [6.45, 7) is 3.56. The number of aromatic nitrogens is 2. The van der Waals surface area contributed by atoms with E-state index >= 15 is 0 Å². The van der Waals surface area contributed by atoms with Crippen LogP contribution in [-0.4, -0.2) is 40.2 Å². The second-order valence-corrected chi connectivity index (χ2v) is 7.25. The largest absolute Gasteiger partial charge is 0.369 e. The molecule has 7 heteroatoms. The summed E-state index contributed by atoms with van der Waals surface area (Å²) in [5.41, 5.74) is 3.77. The first-order valence-electron chi connectivity index (χ1n) is 9.07. The third kappa shape index (κ3) is 3.37. The van der Waals surface area contributed by atoms with Crippen molar-refractivity contribution in [2.45, 2.75) is 20.1 Å². The highest BCUT2D eigenvalue weighted by molar-refractivity contribution is 7.71. The first-order chi connectivity index (χ1) is 13.1. The molecule has 0 spiro atoms. The molecular formula is C20H22F2N4S. The number of imidazole rings is 1. The molecular weight excluding hydrogens is 366 g/mol. The van der Waals surface area contributed by atoms with Crippen molar-refractivity contribution in [2.24, 2.45) is 0 Å². The minimum atomic E-state index is -2.64. The monoisotopic (exact) mass is 388 g/mol. The molecule has 1 aromatic heterocycles. The summed E-state index contributed by atoms with van der Waals surface area (Å²) in [4.78, 5) is 4.65. The van der Waals surface area contributed by atoms with Crippen LogP contribution in [0.3, 0.4) is 0 Å². The Morgan fingerprint density at radius 3 is 2.22 bits per heavy atom. The zero-order valence-corrected chi connectivity index (χ0v) is 16.0. The molecule has 0 amide bonds. The number of piperazine rings is 1. The van der Waals surface area contributed by atoms with E-state index in [4.69, 9.17) is 12.2 Å². The van der Waals surface area contributed by atoms with Gasteiger partial charge >= 0.3 is 6.55 Å². The first-order valence-corrected chi connectivity index (χ1v) is 9.48. The van der Waals surface area contributed by atoms with E-state index in [-0.39, 0.29) is 4.77 Å². The Balaban J connectivity index is 1.54. The highest BCUT2D eigenvalue weighted by Crippen LogP contribution is 2.25. The van der Waals surface area contributed by atoms with E-state index in [1.807, 2.05) is 16.7 Å². The number of rotatable bonds is 4. The molecule has 142 valence electrons.